The lowest BCUT2D eigenvalue weighted by molar-refractivity contribution is 0.153. The Labute approximate surface area is 106 Å². The molecule has 0 radical (unpaired) electrons. The van der Waals surface area contributed by atoms with Crippen LogP contribution in [-0.4, -0.2) is 49.6 Å². The van der Waals surface area contributed by atoms with Gasteiger partial charge in [-0.1, -0.05) is 13.3 Å². The van der Waals surface area contributed by atoms with Gasteiger partial charge in [-0.2, -0.15) is 11.8 Å². The summed E-state index contributed by atoms with van der Waals surface area (Å²) >= 11 is 1.95. The van der Waals surface area contributed by atoms with Crippen molar-refractivity contribution in [1.82, 2.24) is 10.2 Å². The zero-order valence-corrected chi connectivity index (χ0v) is 12.2. The van der Waals surface area contributed by atoms with Gasteiger partial charge in [0.2, 0.25) is 0 Å². The zero-order valence-electron chi connectivity index (χ0n) is 11.4. The molecule has 0 amide bonds. The number of rotatable bonds is 7. The third-order valence-corrected chi connectivity index (χ3v) is 4.67. The van der Waals surface area contributed by atoms with Crippen LogP contribution in [0.25, 0.3) is 0 Å². The lowest BCUT2D eigenvalue weighted by atomic mass is 9.82. The highest BCUT2D eigenvalue weighted by molar-refractivity contribution is 7.98. The van der Waals surface area contributed by atoms with E-state index in [1.807, 2.05) is 11.8 Å². The van der Waals surface area contributed by atoms with Gasteiger partial charge in [0, 0.05) is 24.9 Å². The van der Waals surface area contributed by atoms with Gasteiger partial charge in [0.05, 0.1) is 0 Å². The first kappa shape index (κ1) is 14.3. The van der Waals surface area contributed by atoms with E-state index in [-0.39, 0.29) is 0 Å². The number of thioether (sulfide) groups is 1. The van der Waals surface area contributed by atoms with Gasteiger partial charge in [-0.15, -0.1) is 0 Å². The molecule has 1 fully saturated rings. The second-order valence-corrected chi connectivity index (χ2v) is 6.31. The molecule has 0 aromatic rings. The molecule has 0 saturated carbocycles. The Morgan fingerprint density at radius 1 is 1.50 bits per heavy atom. The van der Waals surface area contributed by atoms with Crippen molar-refractivity contribution in [1.29, 1.82) is 0 Å². The van der Waals surface area contributed by atoms with Crippen molar-refractivity contribution >= 4 is 11.8 Å². The van der Waals surface area contributed by atoms with Gasteiger partial charge in [-0.3, -0.25) is 0 Å². The minimum Gasteiger partial charge on any atom is -0.316 e. The van der Waals surface area contributed by atoms with Crippen LogP contribution in [0.3, 0.4) is 0 Å². The lowest BCUT2D eigenvalue weighted by Crippen LogP contribution is -2.42. The SMILES string of the molecule is CCCC1(CN(C)C(C)CSC)CCNC1. The Morgan fingerprint density at radius 2 is 2.25 bits per heavy atom. The third kappa shape index (κ3) is 3.94. The van der Waals surface area contributed by atoms with Gasteiger partial charge in [-0.25, -0.2) is 0 Å². The molecule has 1 heterocycles. The fourth-order valence-corrected chi connectivity index (χ4v) is 3.54. The Balaban J connectivity index is 2.47. The van der Waals surface area contributed by atoms with E-state index in [0.29, 0.717) is 11.5 Å². The summed E-state index contributed by atoms with van der Waals surface area (Å²) in [6.07, 6.45) is 6.24. The Bertz CT molecular complexity index is 190. The Morgan fingerprint density at radius 3 is 2.75 bits per heavy atom. The van der Waals surface area contributed by atoms with Crippen molar-refractivity contribution < 1.29 is 0 Å². The van der Waals surface area contributed by atoms with Crippen molar-refractivity contribution in [3.63, 3.8) is 0 Å². The van der Waals surface area contributed by atoms with Gasteiger partial charge in [0.15, 0.2) is 0 Å². The largest absolute Gasteiger partial charge is 0.316 e. The van der Waals surface area contributed by atoms with E-state index in [0.717, 1.165) is 0 Å². The summed E-state index contributed by atoms with van der Waals surface area (Å²) in [6, 6.07) is 0.698. The molecular weight excluding hydrogens is 216 g/mol. The monoisotopic (exact) mass is 244 g/mol. The van der Waals surface area contributed by atoms with Crippen molar-refractivity contribution in [2.75, 3.05) is 38.7 Å². The summed E-state index contributed by atoms with van der Waals surface area (Å²) in [5.41, 5.74) is 0.552. The molecule has 96 valence electrons. The molecule has 2 atom stereocenters. The smallest absolute Gasteiger partial charge is 0.0155 e. The average molecular weight is 244 g/mol. The second-order valence-electron chi connectivity index (χ2n) is 5.40. The van der Waals surface area contributed by atoms with Gasteiger partial charge in [-0.05, 0) is 45.0 Å². The van der Waals surface area contributed by atoms with Crippen LogP contribution in [0.2, 0.25) is 0 Å². The van der Waals surface area contributed by atoms with Gasteiger partial charge >= 0.3 is 0 Å². The molecule has 1 rings (SSSR count). The molecular formula is C13H28N2S. The maximum Gasteiger partial charge on any atom is 0.0155 e. The Hall–Kier alpha value is 0.270. The summed E-state index contributed by atoms with van der Waals surface area (Å²) in [7, 11) is 2.29. The highest BCUT2D eigenvalue weighted by Gasteiger charge is 2.34. The highest BCUT2D eigenvalue weighted by Crippen LogP contribution is 2.32. The van der Waals surface area contributed by atoms with E-state index in [9.17, 15) is 0 Å². The second kappa shape index (κ2) is 6.87. The van der Waals surface area contributed by atoms with E-state index in [1.54, 1.807) is 0 Å². The van der Waals surface area contributed by atoms with Crippen LogP contribution in [0, 0.1) is 5.41 Å². The molecule has 0 aliphatic carbocycles. The van der Waals surface area contributed by atoms with Crippen molar-refractivity contribution in [3.8, 4) is 0 Å². The normalized spacial score (nSPS) is 27.6. The fraction of sp³-hybridized carbons (Fsp3) is 1.00. The van der Waals surface area contributed by atoms with Crippen LogP contribution in [0.4, 0.5) is 0 Å². The topological polar surface area (TPSA) is 15.3 Å². The Kier molecular flexibility index (Phi) is 6.16. The van der Waals surface area contributed by atoms with Crippen molar-refractivity contribution in [3.05, 3.63) is 0 Å². The summed E-state index contributed by atoms with van der Waals surface area (Å²) in [4.78, 5) is 2.55. The molecule has 2 nitrogen and oxygen atoms in total. The van der Waals surface area contributed by atoms with Crippen LogP contribution >= 0.6 is 11.8 Å². The first-order valence-corrected chi connectivity index (χ1v) is 7.93. The van der Waals surface area contributed by atoms with Gasteiger partial charge in [0.25, 0.3) is 0 Å². The number of nitrogens with one attached hydrogen (secondary N) is 1. The number of nitrogens with zero attached hydrogens (tertiary/aromatic N) is 1. The van der Waals surface area contributed by atoms with Gasteiger partial charge < -0.3 is 10.2 Å². The highest BCUT2D eigenvalue weighted by atomic mass is 32.2. The van der Waals surface area contributed by atoms with Crippen molar-refractivity contribution in [2.24, 2.45) is 5.41 Å². The van der Waals surface area contributed by atoms with E-state index in [1.165, 1.54) is 44.6 Å². The molecule has 2 unspecified atom stereocenters. The molecule has 16 heavy (non-hydrogen) atoms. The van der Waals surface area contributed by atoms with Gasteiger partial charge in [0.1, 0.15) is 0 Å². The minimum absolute atomic E-state index is 0.552. The average Bonchev–Trinajstić information content (AvgIpc) is 2.67. The predicted molar refractivity (Wildman–Crippen MR) is 75.3 cm³/mol. The maximum atomic E-state index is 3.54. The number of hydrogen-bond acceptors (Lipinski definition) is 3. The molecule has 0 bridgehead atoms. The lowest BCUT2D eigenvalue weighted by Gasteiger charge is -2.35. The summed E-state index contributed by atoms with van der Waals surface area (Å²) in [6.45, 7) is 8.35. The first-order chi connectivity index (χ1) is 7.63. The van der Waals surface area contributed by atoms with Crippen LogP contribution in [-0.2, 0) is 0 Å². The quantitative estimate of drug-likeness (QED) is 0.740. The molecule has 0 spiro atoms. The minimum atomic E-state index is 0.552. The molecule has 1 saturated heterocycles. The predicted octanol–water partition coefficient (Wildman–Crippen LogP) is 2.45. The molecule has 1 N–H and O–H groups in total. The molecule has 0 aromatic heterocycles. The molecule has 0 aromatic carbocycles. The van der Waals surface area contributed by atoms with E-state index < -0.39 is 0 Å². The standard InChI is InChI=1S/C13H28N2S/c1-5-6-13(7-8-14-10-13)11-15(3)12(2)9-16-4/h12,14H,5-11H2,1-4H3. The fourth-order valence-electron chi connectivity index (χ4n) is 2.81. The zero-order chi connectivity index (χ0) is 12.0. The summed E-state index contributed by atoms with van der Waals surface area (Å²) < 4.78 is 0. The van der Waals surface area contributed by atoms with E-state index >= 15 is 0 Å². The maximum absolute atomic E-state index is 3.54. The van der Waals surface area contributed by atoms with Crippen molar-refractivity contribution in [2.45, 2.75) is 39.2 Å². The molecule has 1 aliphatic rings. The van der Waals surface area contributed by atoms with E-state index in [4.69, 9.17) is 0 Å². The number of hydrogen-bond donors (Lipinski definition) is 1. The van der Waals surface area contributed by atoms with Crippen LogP contribution < -0.4 is 5.32 Å². The molecule has 1 aliphatic heterocycles. The van der Waals surface area contributed by atoms with Crippen LogP contribution in [0.5, 0.6) is 0 Å². The summed E-state index contributed by atoms with van der Waals surface area (Å²) in [5.74, 6) is 1.24. The third-order valence-electron chi connectivity index (χ3n) is 3.86. The van der Waals surface area contributed by atoms with Crippen LogP contribution in [0.1, 0.15) is 33.1 Å². The molecule has 3 heteroatoms. The van der Waals surface area contributed by atoms with Crippen LogP contribution in [0.15, 0.2) is 0 Å². The summed E-state index contributed by atoms with van der Waals surface area (Å²) in [5, 5.41) is 3.54. The first-order valence-electron chi connectivity index (χ1n) is 6.53. The van der Waals surface area contributed by atoms with E-state index in [2.05, 4.69) is 37.4 Å².